The summed E-state index contributed by atoms with van der Waals surface area (Å²) in [6.45, 7) is 5.25. The smallest absolute Gasteiger partial charge is 0.226 e. The van der Waals surface area contributed by atoms with Gasteiger partial charge in [-0.1, -0.05) is 44.2 Å². The van der Waals surface area contributed by atoms with E-state index in [0.717, 1.165) is 42.1 Å². The van der Waals surface area contributed by atoms with E-state index in [4.69, 9.17) is 0 Å². The van der Waals surface area contributed by atoms with E-state index in [-0.39, 0.29) is 11.3 Å². The molecule has 2 aromatic rings. The van der Waals surface area contributed by atoms with Gasteiger partial charge in [-0.05, 0) is 79.7 Å². The van der Waals surface area contributed by atoms with Gasteiger partial charge in [-0.2, -0.15) is 0 Å². The van der Waals surface area contributed by atoms with Crippen molar-refractivity contribution in [1.29, 1.82) is 0 Å². The van der Waals surface area contributed by atoms with Crippen LogP contribution < -0.4 is 10.6 Å². The Morgan fingerprint density at radius 3 is 2.14 bits per heavy atom. The van der Waals surface area contributed by atoms with E-state index in [0.29, 0.717) is 18.4 Å². The van der Waals surface area contributed by atoms with Gasteiger partial charge < -0.3 is 10.6 Å². The highest BCUT2D eigenvalue weighted by atomic mass is 16.2. The lowest BCUT2D eigenvalue weighted by molar-refractivity contribution is -0.139. The summed E-state index contributed by atoms with van der Waals surface area (Å²) in [5, 5.41) is 6.66. The predicted molar refractivity (Wildman–Crippen MR) is 115 cm³/mol. The second-order valence-electron chi connectivity index (χ2n) is 9.31. The molecule has 0 heterocycles. The van der Waals surface area contributed by atoms with Crippen LogP contribution in [0.5, 0.6) is 0 Å². The Kier molecular flexibility index (Phi) is 5.43. The number of benzene rings is 2. The van der Waals surface area contributed by atoms with Gasteiger partial charge in [0.15, 0.2) is 0 Å². The average molecular weight is 377 g/mol. The van der Waals surface area contributed by atoms with Crippen LogP contribution >= 0.6 is 0 Å². The summed E-state index contributed by atoms with van der Waals surface area (Å²) >= 11 is 0. The number of para-hydroxylation sites is 1. The maximum Gasteiger partial charge on any atom is 0.226 e. The molecule has 2 fully saturated rings. The van der Waals surface area contributed by atoms with Crippen molar-refractivity contribution in [3.63, 3.8) is 0 Å². The van der Waals surface area contributed by atoms with Gasteiger partial charge in [0.25, 0.3) is 0 Å². The van der Waals surface area contributed by atoms with Crippen LogP contribution in [0.4, 0.5) is 11.4 Å². The van der Waals surface area contributed by atoms with Gasteiger partial charge in [-0.3, -0.25) is 4.79 Å². The van der Waals surface area contributed by atoms with E-state index in [1.807, 2.05) is 18.2 Å². The third-order valence-electron chi connectivity index (χ3n) is 6.58. The number of nitrogens with one attached hydrogen (secondary N) is 2. The maximum absolute atomic E-state index is 13.2. The molecular formula is C25H32N2O. The molecule has 4 rings (SSSR count). The van der Waals surface area contributed by atoms with Crippen molar-refractivity contribution in [2.24, 2.45) is 23.2 Å². The minimum Gasteiger partial charge on any atom is -0.356 e. The SMILES string of the molecule is CC1CC2CC(C)CC(C(=O)NCc3ccc(Nc4ccccc4)cc3)(C1)C2. The summed E-state index contributed by atoms with van der Waals surface area (Å²) in [4.78, 5) is 13.2. The van der Waals surface area contributed by atoms with Crippen LogP contribution in [-0.2, 0) is 11.3 Å². The zero-order valence-corrected chi connectivity index (χ0v) is 17.1. The quantitative estimate of drug-likeness (QED) is 0.682. The van der Waals surface area contributed by atoms with Crippen LogP contribution in [0.3, 0.4) is 0 Å². The van der Waals surface area contributed by atoms with Gasteiger partial charge in [0, 0.05) is 23.3 Å². The summed E-state index contributed by atoms with van der Waals surface area (Å²) in [5.41, 5.74) is 3.15. The van der Waals surface area contributed by atoms with Crippen molar-refractivity contribution >= 4 is 17.3 Å². The Morgan fingerprint density at radius 2 is 1.50 bits per heavy atom. The van der Waals surface area contributed by atoms with Gasteiger partial charge in [-0.15, -0.1) is 0 Å². The number of fused-ring (bicyclic) bond motifs is 2. The molecule has 2 bridgehead atoms. The standard InChI is InChI=1S/C25H32N2O/c1-18-12-21-13-19(2)15-25(14-18,16-21)24(28)26-17-20-8-10-23(11-9-20)27-22-6-4-3-5-7-22/h3-11,18-19,21,27H,12-17H2,1-2H3,(H,26,28). The molecule has 0 spiro atoms. The van der Waals surface area contributed by atoms with Crippen LogP contribution in [-0.4, -0.2) is 5.91 Å². The number of hydrogen-bond acceptors (Lipinski definition) is 2. The predicted octanol–water partition coefficient (Wildman–Crippen LogP) is 5.90. The highest BCUT2D eigenvalue weighted by Crippen LogP contribution is 2.52. The Hall–Kier alpha value is -2.29. The Labute approximate surface area is 168 Å². The van der Waals surface area contributed by atoms with Crippen molar-refractivity contribution in [3.8, 4) is 0 Å². The first-order chi connectivity index (χ1) is 13.5. The molecule has 2 aliphatic carbocycles. The third-order valence-corrected chi connectivity index (χ3v) is 6.58. The molecule has 28 heavy (non-hydrogen) atoms. The Morgan fingerprint density at radius 1 is 0.893 bits per heavy atom. The van der Waals surface area contributed by atoms with Crippen molar-refractivity contribution in [2.75, 3.05) is 5.32 Å². The normalized spacial score (nSPS) is 29.1. The number of carbonyl (C=O) groups excluding carboxylic acids is 1. The molecule has 1 amide bonds. The first kappa shape index (κ1) is 19.0. The summed E-state index contributed by atoms with van der Waals surface area (Å²) in [5.74, 6) is 2.35. The van der Waals surface area contributed by atoms with Gasteiger partial charge in [0.05, 0.1) is 0 Å². The number of anilines is 2. The van der Waals surface area contributed by atoms with Crippen molar-refractivity contribution in [2.45, 2.75) is 52.5 Å². The molecule has 2 N–H and O–H groups in total. The molecular weight excluding hydrogens is 344 g/mol. The van der Waals surface area contributed by atoms with Crippen LogP contribution in [0.25, 0.3) is 0 Å². The highest BCUT2D eigenvalue weighted by Gasteiger charge is 2.48. The van der Waals surface area contributed by atoms with E-state index in [1.54, 1.807) is 0 Å². The van der Waals surface area contributed by atoms with E-state index in [9.17, 15) is 4.79 Å². The molecule has 2 atom stereocenters. The average Bonchev–Trinajstić information content (AvgIpc) is 2.67. The second kappa shape index (κ2) is 7.98. The fourth-order valence-corrected chi connectivity index (χ4v) is 5.75. The summed E-state index contributed by atoms with van der Waals surface area (Å²) in [6.07, 6.45) is 5.80. The van der Waals surface area contributed by atoms with Gasteiger partial charge in [-0.25, -0.2) is 0 Å². The summed E-state index contributed by atoms with van der Waals surface area (Å²) in [6, 6.07) is 18.5. The minimum atomic E-state index is -0.130. The molecule has 2 aliphatic rings. The van der Waals surface area contributed by atoms with E-state index < -0.39 is 0 Å². The Balaban J connectivity index is 1.36. The Bertz CT molecular complexity index is 780. The lowest BCUT2D eigenvalue weighted by Crippen LogP contribution is -2.49. The molecule has 3 heteroatoms. The molecule has 2 unspecified atom stereocenters. The van der Waals surface area contributed by atoms with Gasteiger partial charge in [0.1, 0.15) is 0 Å². The number of amides is 1. The monoisotopic (exact) mass is 376 g/mol. The van der Waals surface area contributed by atoms with E-state index >= 15 is 0 Å². The number of carbonyl (C=O) groups is 1. The van der Waals surface area contributed by atoms with Crippen LogP contribution in [0.15, 0.2) is 54.6 Å². The fourth-order valence-electron chi connectivity index (χ4n) is 5.75. The van der Waals surface area contributed by atoms with E-state index in [2.05, 4.69) is 60.9 Å². The van der Waals surface area contributed by atoms with Crippen LogP contribution in [0.1, 0.15) is 51.5 Å². The summed E-state index contributed by atoms with van der Waals surface area (Å²) < 4.78 is 0. The molecule has 0 aromatic heterocycles. The maximum atomic E-state index is 13.2. The van der Waals surface area contributed by atoms with Crippen LogP contribution in [0.2, 0.25) is 0 Å². The minimum absolute atomic E-state index is 0.130. The molecule has 2 aromatic carbocycles. The molecule has 148 valence electrons. The van der Waals surface area contributed by atoms with Crippen molar-refractivity contribution in [3.05, 3.63) is 60.2 Å². The van der Waals surface area contributed by atoms with Crippen molar-refractivity contribution < 1.29 is 4.79 Å². The summed E-state index contributed by atoms with van der Waals surface area (Å²) in [7, 11) is 0. The number of hydrogen-bond donors (Lipinski definition) is 2. The van der Waals surface area contributed by atoms with Gasteiger partial charge in [0.2, 0.25) is 5.91 Å². The highest BCUT2D eigenvalue weighted by molar-refractivity contribution is 5.83. The van der Waals surface area contributed by atoms with Gasteiger partial charge >= 0.3 is 0 Å². The number of rotatable bonds is 5. The lowest BCUT2D eigenvalue weighted by Gasteiger charge is -2.48. The van der Waals surface area contributed by atoms with E-state index in [1.165, 1.54) is 12.8 Å². The molecule has 2 saturated carbocycles. The second-order valence-corrected chi connectivity index (χ2v) is 9.31. The largest absolute Gasteiger partial charge is 0.356 e. The zero-order valence-electron chi connectivity index (χ0n) is 17.1. The topological polar surface area (TPSA) is 41.1 Å². The molecule has 0 radical (unpaired) electrons. The molecule has 0 saturated heterocycles. The molecule has 0 aliphatic heterocycles. The van der Waals surface area contributed by atoms with Crippen molar-refractivity contribution in [1.82, 2.24) is 5.32 Å². The molecule has 3 nitrogen and oxygen atoms in total. The van der Waals surface area contributed by atoms with Crippen LogP contribution in [0, 0.1) is 23.2 Å². The lowest BCUT2D eigenvalue weighted by atomic mass is 9.56. The third kappa shape index (κ3) is 4.24. The zero-order chi connectivity index (χ0) is 19.6. The fraction of sp³-hybridized carbons (Fsp3) is 0.480. The first-order valence-corrected chi connectivity index (χ1v) is 10.7. The first-order valence-electron chi connectivity index (χ1n) is 10.7.